The number of alkyl halides is 6. The van der Waals surface area contributed by atoms with Gasteiger partial charge in [0.05, 0.1) is 17.0 Å². The maximum absolute atomic E-state index is 13.0. The molecular formula is C18H24F6O3. The number of hydrogen-bond donors (Lipinski definition) is 3. The summed E-state index contributed by atoms with van der Waals surface area (Å²) in [6.45, 7) is 2.01. The van der Waals surface area contributed by atoms with Crippen LogP contribution < -0.4 is 0 Å². The Morgan fingerprint density at radius 3 is 1.59 bits per heavy atom. The minimum Gasteiger partial charge on any atom is -0.343 e. The molecular weight excluding hydrogens is 378 g/mol. The van der Waals surface area contributed by atoms with Gasteiger partial charge in [0, 0.05) is 0 Å². The van der Waals surface area contributed by atoms with E-state index in [0.717, 1.165) is 25.7 Å². The molecule has 27 heavy (non-hydrogen) atoms. The van der Waals surface area contributed by atoms with Gasteiger partial charge in [-0.2, -0.15) is 26.3 Å². The van der Waals surface area contributed by atoms with Crippen molar-refractivity contribution in [3.8, 4) is 0 Å². The van der Waals surface area contributed by atoms with Crippen molar-refractivity contribution in [2.75, 3.05) is 0 Å². The fraction of sp³-hybridized carbons (Fsp3) is 0.667. The second kappa shape index (κ2) is 9.25. The van der Waals surface area contributed by atoms with Gasteiger partial charge in [-0.25, -0.2) is 0 Å². The van der Waals surface area contributed by atoms with E-state index in [-0.39, 0.29) is 12.5 Å². The number of halogens is 6. The zero-order chi connectivity index (χ0) is 20.9. The number of hydrogen-bond acceptors (Lipinski definition) is 3. The number of rotatable bonds is 9. The fourth-order valence-electron chi connectivity index (χ4n) is 2.89. The first-order chi connectivity index (χ1) is 12.3. The third kappa shape index (κ3) is 7.67. The maximum Gasteiger partial charge on any atom is 0.416 e. The summed E-state index contributed by atoms with van der Waals surface area (Å²) in [6.07, 6.45) is -5.64. The van der Waals surface area contributed by atoms with Crippen LogP contribution in [0.1, 0.15) is 74.5 Å². The zero-order valence-electron chi connectivity index (χ0n) is 14.9. The predicted molar refractivity (Wildman–Crippen MR) is 86.6 cm³/mol. The van der Waals surface area contributed by atoms with Crippen LogP contribution in [-0.2, 0) is 12.4 Å². The van der Waals surface area contributed by atoms with E-state index in [1.54, 1.807) is 0 Å². The Morgan fingerprint density at radius 1 is 0.741 bits per heavy atom. The van der Waals surface area contributed by atoms with Crippen LogP contribution in [0.25, 0.3) is 0 Å². The second-order valence-electron chi connectivity index (χ2n) is 6.64. The molecule has 0 amide bonds. The third-order valence-electron chi connectivity index (χ3n) is 4.33. The lowest BCUT2D eigenvalue weighted by molar-refractivity contribution is -0.326. The molecule has 0 aliphatic heterocycles. The van der Waals surface area contributed by atoms with Crippen molar-refractivity contribution in [1.29, 1.82) is 0 Å². The molecule has 0 aliphatic rings. The minimum absolute atomic E-state index is 0.0425. The zero-order valence-corrected chi connectivity index (χ0v) is 14.9. The molecule has 0 saturated carbocycles. The molecule has 1 rings (SSSR count). The molecule has 3 nitrogen and oxygen atoms in total. The Hall–Kier alpha value is -1.32. The van der Waals surface area contributed by atoms with E-state index in [1.807, 2.05) is 6.92 Å². The summed E-state index contributed by atoms with van der Waals surface area (Å²) in [7, 11) is 0. The van der Waals surface area contributed by atoms with Crippen LogP contribution in [0.15, 0.2) is 18.2 Å². The Balaban J connectivity index is 3.13. The van der Waals surface area contributed by atoms with E-state index in [9.17, 15) is 41.7 Å². The fourth-order valence-corrected chi connectivity index (χ4v) is 2.89. The average Bonchev–Trinajstić information content (AvgIpc) is 2.50. The molecule has 0 aliphatic carbocycles. The van der Waals surface area contributed by atoms with Crippen molar-refractivity contribution < 1.29 is 41.7 Å². The van der Waals surface area contributed by atoms with Crippen LogP contribution in [-0.4, -0.2) is 21.3 Å². The lowest BCUT2D eigenvalue weighted by Crippen LogP contribution is -2.36. The van der Waals surface area contributed by atoms with E-state index >= 15 is 0 Å². The summed E-state index contributed by atoms with van der Waals surface area (Å²) >= 11 is 0. The summed E-state index contributed by atoms with van der Waals surface area (Å²) in [5.74, 6) is -5.14. The largest absolute Gasteiger partial charge is 0.416 e. The highest BCUT2D eigenvalue weighted by molar-refractivity contribution is 5.36. The van der Waals surface area contributed by atoms with Gasteiger partial charge in [0.1, 0.15) is 0 Å². The molecule has 0 bridgehead atoms. The lowest BCUT2D eigenvalue weighted by Gasteiger charge is -2.28. The van der Waals surface area contributed by atoms with Gasteiger partial charge in [0.15, 0.2) is 0 Å². The highest BCUT2D eigenvalue weighted by Gasteiger charge is 2.40. The molecule has 0 heterocycles. The van der Waals surface area contributed by atoms with Gasteiger partial charge < -0.3 is 15.3 Å². The highest BCUT2D eigenvalue weighted by atomic mass is 19.4. The summed E-state index contributed by atoms with van der Waals surface area (Å²) in [6, 6.07) is 0.780. The smallest absolute Gasteiger partial charge is 0.343 e. The van der Waals surface area contributed by atoms with Gasteiger partial charge in [-0.05, 0) is 30.2 Å². The first-order valence-corrected chi connectivity index (χ1v) is 8.73. The Labute approximate surface area is 153 Å². The molecule has 156 valence electrons. The molecule has 0 radical (unpaired) electrons. The van der Waals surface area contributed by atoms with Gasteiger partial charge in [-0.1, -0.05) is 45.4 Å². The minimum atomic E-state index is -5.05. The molecule has 1 aromatic rings. The van der Waals surface area contributed by atoms with Crippen molar-refractivity contribution in [2.24, 2.45) is 0 Å². The number of unbranched alkanes of at least 4 members (excludes halogenated alkanes) is 5. The molecule has 1 atom stereocenters. The molecule has 0 spiro atoms. The standard InChI is InChI=1S/C18H24F6O3/c1-2-3-4-5-6-7-8-15(18(25,26)27)12-9-13(16(19,20)21)11-14(10-12)17(22,23)24/h9-11,15,25-27H,2-8H2,1H3. The lowest BCUT2D eigenvalue weighted by atomic mass is 9.88. The normalized spacial score (nSPS) is 14.4. The monoisotopic (exact) mass is 402 g/mol. The van der Waals surface area contributed by atoms with E-state index < -0.39 is 40.9 Å². The van der Waals surface area contributed by atoms with Gasteiger partial charge >= 0.3 is 12.4 Å². The summed E-state index contributed by atoms with van der Waals surface area (Å²) < 4.78 is 77.8. The van der Waals surface area contributed by atoms with E-state index in [4.69, 9.17) is 0 Å². The highest BCUT2D eigenvalue weighted by Crippen LogP contribution is 2.40. The predicted octanol–water partition coefficient (Wildman–Crippen LogP) is 5.19. The van der Waals surface area contributed by atoms with E-state index in [2.05, 4.69) is 0 Å². The SMILES string of the molecule is CCCCCCCCC(c1cc(C(F)(F)F)cc(C(F)(F)F)c1)C(O)(O)O. The third-order valence-corrected chi connectivity index (χ3v) is 4.33. The molecule has 1 aromatic carbocycles. The topological polar surface area (TPSA) is 60.7 Å². The number of benzene rings is 1. The quantitative estimate of drug-likeness (QED) is 0.303. The number of aliphatic hydroxyl groups is 3. The van der Waals surface area contributed by atoms with Crippen molar-refractivity contribution in [2.45, 2.75) is 76.1 Å². The van der Waals surface area contributed by atoms with Gasteiger partial charge in [0.25, 0.3) is 5.97 Å². The Kier molecular flexibility index (Phi) is 8.13. The molecule has 1 unspecified atom stereocenters. The van der Waals surface area contributed by atoms with Crippen LogP contribution in [0.3, 0.4) is 0 Å². The van der Waals surface area contributed by atoms with Crippen LogP contribution in [0.4, 0.5) is 26.3 Å². The summed E-state index contributed by atoms with van der Waals surface area (Å²) in [5.41, 5.74) is -3.76. The van der Waals surface area contributed by atoms with Crippen LogP contribution >= 0.6 is 0 Å². The second-order valence-corrected chi connectivity index (χ2v) is 6.64. The van der Waals surface area contributed by atoms with Crippen LogP contribution in [0.5, 0.6) is 0 Å². The van der Waals surface area contributed by atoms with Crippen LogP contribution in [0, 0.1) is 0 Å². The molecule has 9 heteroatoms. The summed E-state index contributed by atoms with van der Waals surface area (Å²) in [5, 5.41) is 28.5. The Morgan fingerprint density at radius 2 is 1.19 bits per heavy atom. The van der Waals surface area contributed by atoms with Gasteiger partial charge in [-0.3, -0.25) is 0 Å². The summed E-state index contributed by atoms with van der Waals surface area (Å²) in [4.78, 5) is 0. The van der Waals surface area contributed by atoms with Crippen molar-refractivity contribution in [3.63, 3.8) is 0 Å². The molecule has 3 N–H and O–H groups in total. The van der Waals surface area contributed by atoms with Crippen molar-refractivity contribution >= 4 is 0 Å². The van der Waals surface area contributed by atoms with E-state index in [0.29, 0.717) is 25.0 Å². The first kappa shape index (κ1) is 23.7. The Bertz CT molecular complexity index is 558. The molecule has 0 aromatic heterocycles. The molecule has 0 saturated heterocycles. The van der Waals surface area contributed by atoms with E-state index in [1.165, 1.54) is 0 Å². The van der Waals surface area contributed by atoms with Gasteiger partial charge in [0.2, 0.25) is 0 Å². The van der Waals surface area contributed by atoms with Crippen molar-refractivity contribution in [1.82, 2.24) is 0 Å². The molecule has 0 fully saturated rings. The van der Waals surface area contributed by atoms with Gasteiger partial charge in [-0.15, -0.1) is 0 Å². The van der Waals surface area contributed by atoms with Crippen LogP contribution in [0.2, 0.25) is 0 Å². The maximum atomic E-state index is 13.0. The van der Waals surface area contributed by atoms with Crippen molar-refractivity contribution in [3.05, 3.63) is 34.9 Å². The average molecular weight is 402 g/mol. The first-order valence-electron chi connectivity index (χ1n) is 8.73.